The summed E-state index contributed by atoms with van der Waals surface area (Å²) in [7, 11) is -3.17. The Hall–Kier alpha value is -9.95. The number of aryl methyl sites for hydroxylation is 1. The zero-order valence-electron chi connectivity index (χ0n) is 70.4. The minimum atomic E-state index is -3.17. The smallest absolute Gasteiger partial charge is 0.200 e. The molecule has 16 rings (SSSR count). The van der Waals surface area contributed by atoms with E-state index in [1.807, 2.05) is 67.0 Å². The summed E-state index contributed by atoms with van der Waals surface area (Å²) >= 11 is 1.76. The molecule has 13 heteroatoms. The number of nitrogens with zero attached hydrogens (tertiary/aromatic N) is 8. The summed E-state index contributed by atoms with van der Waals surface area (Å²) in [6.07, 6.45) is 8.91. The van der Waals surface area contributed by atoms with Gasteiger partial charge >= 0.3 is 0 Å². The van der Waals surface area contributed by atoms with Gasteiger partial charge in [-0.25, -0.2) is 18.4 Å². The monoisotopic (exact) mass is 1520 g/mol. The minimum Gasteiger partial charge on any atom is -0.342 e. The number of benzene rings is 9. The van der Waals surface area contributed by atoms with Crippen molar-refractivity contribution in [3.8, 4) is 0 Å². The van der Waals surface area contributed by atoms with Crippen molar-refractivity contribution < 1.29 is 8.42 Å². The molecule has 0 amide bonds. The number of hydrogen-bond acceptors (Lipinski definition) is 11. The number of sulfone groups is 1. The molecule has 0 radical (unpaired) electrons. The SMILES string of the molecule is CC(C)(C)c1ccc2c(c1)N=NC2.CC(C)(C)c1ccc2c(c1)S(=O)(=O)C=C2.CC(C)(C)c1ccc2ncccc2c1.CC(C)(C)c1ccc2nccnc2c1.CC(C)(C)c1cccc2ccccc12.CC(C)(C)c1cnc2ccccc2c1.CC(C)(C)c1nc2ccccc2[nH]1.Cc1nc2cc(C(C)(C)C)ccc2s1. The second-order valence-corrected chi connectivity index (χ2v) is 40.0. The third-order valence-corrected chi connectivity index (χ3v) is 21.7. The van der Waals surface area contributed by atoms with Gasteiger partial charge in [0.2, 0.25) is 0 Å². The van der Waals surface area contributed by atoms with E-state index in [9.17, 15) is 8.42 Å². The Morgan fingerprint density at radius 3 is 1.49 bits per heavy atom. The average molecular weight is 1520 g/mol. The van der Waals surface area contributed by atoms with Gasteiger partial charge in [-0.05, 0) is 185 Å². The average Bonchev–Trinajstić information content (AvgIpc) is 1.67. The Balaban J connectivity index is 0.000000146. The molecular weight excluding hydrogens is 1400 g/mol. The minimum absolute atomic E-state index is 0.0207. The number of fused-ring (bicyclic) bond motifs is 8. The number of thiazole rings is 1. The molecule has 2 aliphatic rings. The fourth-order valence-corrected chi connectivity index (χ4v) is 14.3. The number of azo groups is 1. The third kappa shape index (κ3) is 23.3. The van der Waals surface area contributed by atoms with Crippen LogP contribution in [0.4, 0.5) is 5.69 Å². The van der Waals surface area contributed by atoms with Gasteiger partial charge in [0.25, 0.3) is 0 Å². The van der Waals surface area contributed by atoms with Crippen LogP contribution in [-0.2, 0) is 59.7 Å². The van der Waals surface area contributed by atoms with Crippen molar-refractivity contribution in [2.24, 2.45) is 10.2 Å². The van der Waals surface area contributed by atoms with E-state index in [1.165, 1.54) is 70.6 Å². The molecule has 0 atom stereocenters. The third-order valence-electron chi connectivity index (χ3n) is 19.3. The van der Waals surface area contributed by atoms with Crippen LogP contribution in [-0.4, -0.2) is 43.3 Å². The van der Waals surface area contributed by atoms with Gasteiger partial charge in [-0.3, -0.25) is 19.9 Å². The number of imidazole rings is 1. The lowest BCUT2D eigenvalue weighted by atomic mass is 9.84. The molecule has 11 nitrogen and oxygen atoms in total. The fraction of sp³-hybridized carbons (Fsp3) is 0.347. The lowest BCUT2D eigenvalue weighted by Crippen LogP contribution is -2.12. The second-order valence-electron chi connectivity index (χ2n) is 37.0. The highest BCUT2D eigenvalue weighted by atomic mass is 32.2. The van der Waals surface area contributed by atoms with Gasteiger partial charge in [0.1, 0.15) is 5.82 Å². The number of pyridine rings is 2. The summed E-state index contributed by atoms with van der Waals surface area (Å²) in [4.78, 5) is 30.1. The lowest BCUT2D eigenvalue weighted by molar-refractivity contribution is 0.554. The molecular formula is C98H117N9O2S2. The van der Waals surface area contributed by atoms with Crippen LogP contribution < -0.4 is 0 Å². The summed E-state index contributed by atoms with van der Waals surface area (Å²) in [6, 6.07) is 69.2. The van der Waals surface area contributed by atoms with Crippen molar-refractivity contribution >= 4 is 97.8 Å². The first-order chi connectivity index (χ1) is 51.7. The van der Waals surface area contributed by atoms with E-state index in [0.717, 1.165) is 72.8 Å². The molecule has 9 aromatic carbocycles. The molecule has 1 N–H and O–H groups in total. The van der Waals surface area contributed by atoms with Crippen LogP contribution in [0, 0.1) is 6.92 Å². The molecule has 0 saturated carbocycles. The highest BCUT2D eigenvalue weighted by Gasteiger charge is 2.25. The summed E-state index contributed by atoms with van der Waals surface area (Å²) in [6.45, 7) is 55.5. The van der Waals surface area contributed by atoms with Crippen LogP contribution in [0.3, 0.4) is 0 Å². The number of rotatable bonds is 0. The second kappa shape index (κ2) is 34.3. The quantitative estimate of drug-likeness (QED) is 0.158. The lowest BCUT2D eigenvalue weighted by Gasteiger charge is -2.21. The first-order valence-electron chi connectivity index (χ1n) is 38.5. The van der Waals surface area contributed by atoms with Crippen molar-refractivity contribution in [1.29, 1.82) is 0 Å². The van der Waals surface area contributed by atoms with E-state index in [1.54, 1.807) is 35.9 Å². The Labute approximate surface area is 666 Å². The number of hydrogen-bond donors (Lipinski definition) is 1. The van der Waals surface area contributed by atoms with Crippen molar-refractivity contribution in [3.63, 3.8) is 0 Å². The molecule has 7 heterocycles. The summed E-state index contributed by atoms with van der Waals surface area (Å²) in [5.41, 5.74) is 20.8. The molecule has 0 aliphatic carbocycles. The van der Waals surface area contributed by atoms with Crippen LogP contribution in [0.15, 0.2) is 246 Å². The van der Waals surface area contributed by atoms with E-state index >= 15 is 0 Å². The number of aromatic amines is 1. The van der Waals surface area contributed by atoms with Crippen LogP contribution >= 0.6 is 11.3 Å². The van der Waals surface area contributed by atoms with Crippen molar-refractivity contribution in [2.75, 3.05) is 0 Å². The van der Waals surface area contributed by atoms with E-state index in [2.05, 4.69) is 358 Å². The van der Waals surface area contributed by atoms with Gasteiger partial charge in [-0.2, -0.15) is 10.2 Å². The van der Waals surface area contributed by atoms with E-state index in [-0.39, 0.29) is 43.3 Å². The Kier molecular flexibility index (Phi) is 26.3. The maximum absolute atomic E-state index is 11.6. The molecule has 0 fully saturated rings. The Bertz CT molecular complexity index is 5450. The van der Waals surface area contributed by atoms with Gasteiger partial charge < -0.3 is 4.98 Å². The zero-order valence-corrected chi connectivity index (χ0v) is 72.1. The topological polar surface area (TPSA) is 152 Å². The number of nitrogens with one attached hydrogen (secondary N) is 1. The van der Waals surface area contributed by atoms with Crippen LogP contribution in [0.25, 0.3) is 70.9 Å². The van der Waals surface area contributed by atoms with Crippen molar-refractivity contribution in [3.05, 3.63) is 291 Å². The fourth-order valence-electron chi connectivity index (χ4n) is 12.2. The summed E-state index contributed by atoms with van der Waals surface area (Å²) in [5.74, 6) is 1.05. The molecule has 2 aliphatic heterocycles. The van der Waals surface area contributed by atoms with Crippen molar-refractivity contribution in [1.82, 2.24) is 34.9 Å². The Morgan fingerprint density at radius 1 is 0.378 bits per heavy atom. The van der Waals surface area contributed by atoms with Gasteiger partial charge in [0, 0.05) is 51.9 Å². The van der Waals surface area contributed by atoms with Gasteiger partial charge in [0.05, 0.1) is 65.5 Å². The summed E-state index contributed by atoms with van der Waals surface area (Å²) < 4.78 is 24.6. The highest BCUT2D eigenvalue weighted by Crippen LogP contribution is 2.36. The van der Waals surface area contributed by atoms with E-state index < -0.39 is 9.84 Å². The molecule has 14 aromatic rings. The predicted molar refractivity (Wildman–Crippen MR) is 474 cm³/mol. The van der Waals surface area contributed by atoms with E-state index in [4.69, 9.17) is 0 Å². The largest absolute Gasteiger partial charge is 0.342 e. The normalized spacial score (nSPS) is 13.1. The van der Waals surface area contributed by atoms with Crippen LogP contribution in [0.1, 0.15) is 227 Å². The highest BCUT2D eigenvalue weighted by molar-refractivity contribution is 7.94. The predicted octanol–water partition coefficient (Wildman–Crippen LogP) is 27.2. The van der Waals surface area contributed by atoms with Gasteiger partial charge in [-0.15, -0.1) is 11.3 Å². The number of para-hydroxylation sites is 3. The van der Waals surface area contributed by atoms with Crippen molar-refractivity contribution in [2.45, 2.75) is 228 Å². The molecule has 0 bridgehead atoms. The number of H-pyrrole nitrogens is 1. The summed E-state index contributed by atoms with van der Waals surface area (Å²) in [5, 5.41) is 15.7. The standard InChI is InChI=1S/C14H16.2C13H15N.C12H14N2.C12H15NS.C12H14O2S.2C11H14N2/c1-14(2,3)13-10-6-8-11-7-4-5-9-12(11)13;1-13(2,3)11-6-7-12-10(9-11)5-4-8-14-12;1-13(2,3)11-8-10-6-4-5-7-12(10)14-9-11;1-12(2,3)9-4-5-10-11(8-9)14-7-6-13-10;1-8-13-10-7-9(12(2,3)4)5-6-11(10)14-8;1-12(2,3)10-5-4-9-6-7-15(13,14)11(9)8-10;1-11(2,3)9-5-4-8-7-12-13-10(8)6-9;1-11(2,3)10-12-8-6-4-5-7-9(8)13-10/h4-10H,1-3H3;2*4-9H,1-3H3;4-8H,1-3H3;5-7H,1-4H3;4-8H,1-3H3;4-6H,7H2,1-3H3;4-7H,1-3H3,(H,12,13). The molecule has 0 unspecified atom stereocenters. The first-order valence-corrected chi connectivity index (χ1v) is 40.9. The molecule has 111 heavy (non-hydrogen) atoms. The molecule has 0 saturated heterocycles. The number of aromatic nitrogens is 7. The zero-order chi connectivity index (χ0) is 81.3. The van der Waals surface area contributed by atoms with E-state index in [0.29, 0.717) is 4.90 Å². The maximum atomic E-state index is 11.6. The first kappa shape index (κ1) is 85.1. The molecule has 0 spiro atoms. The van der Waals surface area contributed by atoms with Gasteiger partial charge in [0.15, 0.2) is 9.84 Å². The van der Waals surface area contributed by atoms with Crippen LogP contribution in [0.5, 0.6) is 0 Å². The Morgan fingerprint density at radius 2 is 0.865 bits per heavy atom. The maximum Gasteiger partial charge on any atom is 0.200 e. The molecule has 578 valence electrons. The molecule has 5 aromatic heterocycles. The van der Waals surface area contributed by atoms with Gasteiger partial charge in [-0.1, -0.05) is 287 Å². The van der Waals surface area contributed by atoms with Crippen LogP contribution in [0.2, 0.25) is 0 Å².